The molecule has 0 bridgehead atoms. The molecule has 0 saturated carbocycles. The maximum absolute atomic E-state index is 13.9. The molecule has 12 nitrogen and oxygen atoms in total. The van der Waals surface area contributed by atoms with Crippen molar-refractivity contribution in [3.8, 4) is 0 Å². The van der Waals surface area contributed by atoms with Gasteiger partial charge in [0.1, 0.15) is 25.4 Å². The highest BCUT2D eigenvalue weighted by Crippen LogP contribution is 2.51. The second-order valence-electron chi connectivity index (χ2n) is 8.21. The number of hydrogen-bond donors (Lipinski definition) is 3. The van der Waals surface area contributed by atoms with E-state index < -0.39 is 59.6 Å². The Hall–Kier alpha value is -3.39. The summed E-state index contributed by atoms with van der Waals surface area (Å²) in [5.74, 6) is -2.33. The summed E-state index contributed by atoms with van der Waals surface area (Å²) in [4.78, 5) is 48.2. The predicted octanol–water partition coefficient (Wildman–Crippen LogP) is -0.522. The van der Waals surface area contributed by atoms with Crippen molar-refractivity contribution >= 4 is 11.9 Å². The number of nitrogens with zero attached hydrogens (tertiary/aromatic N) is 1. The Morgan fingerprint density at radius 1 is 1.20 bits per heavy atom. The van der Waals surface area contributed by atoms with E-state index in [1.165, 1.54) is 13.8 Å². The van der Waals surface area contributed by atoms with Crippen molar-refractivity contribution in [2.75, 3.05) is 6.61 Å². The molecule has 4 rings (SSSR count). The minimum Gasteiger partial charge on any atom is -0.461 e. The van der Waals surface area contributed by atoms with Crippen molar-refractivity contribution in [2.45, 2.75) is 57.7 Å². The standard InChI is InChI=1S/C22H23FN2O10/c1-10(27)32-7-12-3-14-9-34-22(15(14)4-13(12)8-33-11(2)28)17(6-26)35-20(18(22)29)25-5-16(23)19(30)24-21(25)31/h3-5,17-18,20,26,29H,6-9H2,1-2H3,(H,24,30,31)/t17-,18+,20-,22-/m1/s1. The first-order valence-corrected chi connectivity index (χ1v) is 10.6. The second-order valence-corrected chi connectivity index (χ2v) is 8.21. The largest absolute Gasteiger partial charge is 0.461 e. The maximum atomic E-state index is 13.9. The van der Waals surface area contributed by atoms with E-state index in [0.29, 0.717) is 33.0 Å². The molecular weight excluding hydrogens is 471 g/mol. The number of benzene rings is 1. The molecule has 0 amide bonds. The van der Waals surface area contributed by atoms with E-state index in [-0.39, 0.29) is 19.8 Å². The van der Waals surface area contributed by atoms with Crippen molar-refractivity contribution < 1.29 is 43.1 Å². The first-order chi connectivity index (χ1) is 16.6. The third-order valence-electron chi connectivity index (χ3n) is 6.03. The van der Waals surface area contributed by atoms with Crippen LogP contribution in [0.2, 0.25) is 0 Å². The van der Waals surface area contributed by atoms with E-state index in [9.17, 15) is 33.8 Å². The molecule has 2 aromatic rings. The fraction of sp³-hybridized carbons (Fsp3) is 0.455. The van der Waals surface area contributed by atoms with Gasteiger partial charge in [-0.05, 0) is 34.4 Å². The highest BCUT2D eigenvalue weighted by atomic mass is 19.1. The van der Waals surface area contributed by atoms with Crippen LogP contribution >= 0.6 is 0 Å². The van der Waals surface area contributed by atoms with E-state index >= 15 is 0 Å². The Morgan fingerprint density at radius 2 is 1.83 bits per heavy atom. The quantitative estimate of drug-likeness (QED) is 0.445. The number of H-pyrrole nitrogens is 1. The molecule has 0 unspecified atom stereocenters. The molecule has 1 spiro atoms. The van der Waals surface area contributed by atoms with Crippen molar-refractivity contribution in [3.63, 3.8) is 0 Å². The Morgan fingerprint density at radius 3 is 2.43 bits per heavy atom. The summed E-state index contributed by atoms with van der Waals surface area (Å²) in [5.41, 5.74) is -2.00. The van der Waals surface area contributed by atoms with Gasteiger partial charge in [-0.2, -0.15) is 4.39 Å². The van der Waals surface area contributed by atoms with Crippen molar-refractivity contribution in [3.05, 3.63) is 67.2 Å². The number of ether oxygens (including phenoxy) is 4. The van der Waals surface area contributed by atoms with Gasteiger partial charge in [0.2, 0.25) is 5.82 Å². The summed E-state index contributed by atoms with van der Waals surface area (Å²) in [6.45, 7) is 1.52. The molecule has 188 valence electrons. The van der Waals surface area contributed by atoms with Gasteiger partial charge in [0.15, 0.2) is 11.8 Å². The molecule has 3 heterocycles. The minimum absolute atomic E-state index is 0.0330. The zero-order valence-corrected chi connectivity index (χ0v) is 18.8. The number of aliphatic hydroxyl groups is 2. The number of carbonyl (C=O) groups is 2. The Kier molecular flexibility index (Phi) is 6.60. The lowest BCUT2D eigenvalue weighted by Crippen LogP contribution is -2.47. The molecule has 0 aliphatic carbocycles. The molecule has 3 N–H and O–H groups in total. The van der Waals surface area contributed by atoms with Gasteiger partial charge in [0.25, 0.3) is 5.56 Å². The zero-order chi connectivity index (χ0) is 25.5. The van der Waals surface area contributed by atoms with Crippen LogP contribution in [0.5, 0.6) is 0 Å². The van der Waals surface area contributed by atoms with Crippen LogP contribution in [0.25, 0.3) is 0 Å². The number of aromatic amines is 1. The number of nitrogens with one attached hydrogen (secondary N) is 1. The molecule has 13 heteroatoms. The predicted molar refractivity (Wildman–Crippen MR) is 112 cm³/mol. The monoisotopic (exact) mass is 494 g/mol. The van der Waals surface area contributed by atoms with Gasteiger partial charge < -0.3 is 29.2 Å². The summed E-state index contributed by atoms with van der Waals surface area (Å²) < 4.78 is 36.5. The van der Waals surface area contributed by atoms with Crippen LogP contribution in [-0.2, 0) is 54.0 Å². The number of carbonyl (C=O) groups excluding carboxylic acids is 2. The molecule has 2 aliphatic heterocycles. The lowest BCUT2D eigenvalue weighted by molar-refractivity contribution is -0.144. The van der Waals surface area contributed by atoms with Crippen LogP contribution in [0, 0.1) is 5.82 Å². The second kappa shape index (κ2) is 9.34. The van der Waals surface area contributed by atoms with E-state index in [2.05, 4.69) is 0 Å². The third kappa shape index (κ3) is 4.27. The molecule has 1 fully saturated rings. The van der Waals surface area contributed by atoms with E-state index in [0.717, 1.165) is 0 Å². The van der Waals surface area contributed by atoms with Gasteiger partial charge in [0, 0.05) is 13.8 Å². The Bertz CT molecular complexity index is 1290. The lowest BCUT2D eigenvalue weighted by atomic mass is 9.82. The number of rotatable bonds is 6. The van der Waals surface area contributed by atoms with Gasteiger partial charge in [-0.25, -0.2) is 4.79 Å². The zero-order valence-electron chi connectivity index (χ0n) is 18.8. The number of fused-ring (bicyclic) bond motifs is 2. The van der Waals surface area contributed by atoms with E-state index in [4.69, 9.17) is 18.9 Å². The molecule has 4 atom stereocenters. The fourth-order valence-corrected chi connectivity index (χ4v) is 4.43. The average molecular weight is 494 g/mol. The smallest absolute Gasteiger partial charge is 0.330 e. The molecule has 1 aromatic heterocycles. The first kappa shape index (κ1) is 24.7. The van der Waals surface area contributed by atoms with Crippen LogP contribution in [-0.4, -0.2) is 50.5 Å². The molecule has 2 aliphatic rings. The SMILES string of the molecule is CC(=O)OCc1cc2c(cc1COC(C)=O)[C@@]1(OC2)[C@@H](CO)O[C@@H](n2cc(F)c(=O)[nH]c2=O)[C@@H]1O. The summed E-state index contributed by atoms with van der Waals surface area (Å²) in [5, 5.41) is 21.3. The molecular formula is C22H23FN2O10. The number of aromatic nitrogens is 2. The normalized spacial score (nSPS) is 25.0. The molecule has 35 heavy (non-hydrogen) atoms. The topological polar surface area (TPSA) is 166 Å². The molecule has 0 radical (unpaired) electrons. The fourth-order valence-electron chi connectivity index (χ4n) is 4.43. The van der Waals surface area contributed by atoms with Crippen molar-refractivity contribution in [1.82, 2.24) is 9.55 Å². The number of hydrogen-bond acceptors (Lipinski definition) is 10. The first-order valence-electron chi connectivity index (χ1n) is 10.6. The van der Waals surface area contributed by atoms with Crippen molar-refractivity contribution in [2.24, 2.45) is 0 Å². The minimum atomic E-state index is -1.67. The lowest BCUT2D eigenvalue weighted by Gasteiger charge is -2.32. The van der Waals surface area contributed by atoms with Gasteiger partial charge in [-0.1, -0.05) is 0 Å². The Balaban J connectivity index is 1.80. The van der Waals surface area contributed by atoms with Gasteiger partial charge in [-0.15, -0.1) is 0 Å². The molecule has 1 aromatic carbocycles. The van der Waals surface area contributed by atoms with E-state index in [1.54, 1.807) is 17.1 Å². The summed E-state index contributed by atoms with van der Waals surface area (Å²) in [6.07, 6.45) is -3.71. The number of halogens is 1. The highest BCUT2D eigenvalue weighted by molar-refractivity contribution is 5.66. The summed E-state index contributed by atoms with van der Waals surface area (Å²) in [6, 6.07) is 3.24. The van der Waals surface area contributed by atoms with Gasteiger partial charge in [-0.3, -0.25) is 23.9 Å². The van der Waals surface area contributed by atoms with E-state index in [1.807, 2.05) is 0 Å². The van der Waals surface area contributed by atoms with Gasteiger partial charge >= 0.3 is 17.6 Å². The maximum Gasteiger partial charge on any atom is 0.330 e. The summed E-state index contributed by atoms with van der Waals surface area (Å²) in [7, 11) is 0. The van der Waals surface area contributed by atoms with Crippen LogP contribution in [0.3, 0.4) is 0 Å². The van der Waals surface area contributed by atoms with Crippen LogP contribution in [0.4, 0.5) is 4.39 Å². The van der Waals surface area contributed by atoms with Crippen LogP contribution in [0.1, 0.15) is 42.3 Å². The number of esters is 2. The highest BCUT2D eigenvalue weighted by Gasteiger charge is 2.62. The molecule has 1 saturated heterocycles. The third-order valence-corrected chi connectivity index (χ3v) is 6.03. The Labute approximate surface area is 196 Å². The average Bonchev–Trinajstić information content (AvgIpc) is 3.31. The van der Waals surface area contributed by atoms with Crippen molar-refractivity contribution in [1.29, 1.82) is 0 Å². The van der Waals surface area contributed by atoms with Gasteiger partial charge in [0.05, 0.1) is 19.4 Å². The van der Waals surface area contributed by atoms with Crippen LogP contribution in [0.15, 0.2) is 27.9 Å². The summed E-state index contributed by atoms with van der Waals surface area (Å²) >= 11 is 0. The number of aliphatic hydroxyl groups excluding tert-OH is 2. The van der Waals surface area contributed by atoms with Crippen LogP contribution < -0.4 is 11.2 Å².